The van der Waals surface area contributed by atoms with Gasteiger partial charge in [0.05, 0.1) is 11.4 Å². The molecule has 5 nitrogen and oxygen atoms in total. The number of carbonyl (C=O) groups excluding carboxylic acids is 2. The summed E-state index contributed by atoms with van der Waals surface area (Å²) in [6.07, 6.45) is 0.195. The molecule has 1 N–H and O–H groups in total. The van der Waals surface area contributed by atoms with Crippen molar-refractivity contribution in [3.63, 3.8) is 0 Å². The number of carbonyl (C=O) groups is 2. The maximum absolute atomic E-state index is 13.2. The van der Waals surface area contributed by atoms with Crippen LogP contribution in [-0.2, 0) is 9.59 Å². The minimum absolute atomic E-state index is 0.142. The molecule has 1 aliphatic rings. The largest absolute Gasteiger partial charge is 0.484 e. The van der Waals surface area contributed by atoms with Crippen molar-refractivity contribution in [3.8, 4) is 5.75 Å². The Balaban J connectivity index is 1.81. The molecule has 0 aliphatic carbocycles. The molecule has 0 saturated carbocycles. The number of fused-ring (bicyclic) bond motifs is 1. The maximum atomic E-state index is 13.2. The average Bonchev–Trinajstić information content (AvgIpc) is 2.67. The molecule has 1 aliphatic heterocycles. The van der Waals surface area contributed by atoms with Crippen LogP contribution in [0.25, 0.3) is 0 Å². The number of nitrogens with zero attached hydrogens (tertiary/aromatic N) is 1. The molecule has 1 heterocycles. The Kier molecular flexibility index (Phi) is 4.46. The van der Waals surface area contributed by atoms with Crippen LogP contribution < -0.4 is 15.0 Å². The van der Waals surface area contributed by atoms with Gasteiger partial charge in [-0.25, -0.2) is 4.39 Å². The van der Waals surface area contributed by atoms with Gasteiger partial charge in [0.2, 0.25) is 5.91 Å². The van der Waals surface area contributed by atoms with Crippen LogP contribution in [0.3, 0.4) is 0 Å². The van der Waals surface area contributed by atoms with Gasteiger partial charge in [0.1, 0.15) is 11.6 Å². The van der Waals surface area contributed by atoms with Crippen molar-refractivity contribution in [2.75, 3.05) is 16.8 Å². The third-order valence-corrected chi connectivity index (χ3v) is 3.79. The summed E-state index contributed by atoms with van der Waals surface area (Å²) in [5, 5.41) is 2.80. The molecular weight excluding hydrogens is 311 g/mol. The van der Waals surface area contributed by atoms with Crippen LogP contribution in [-0.4, -0.2) is 24.5 Å². The maximum Gasteiger partial charge on any atom is 0.265 e. The number of halogens is 1. The van der Waals surface area contributed by atoms with E-state index in [0.717, 1.165) is 0 Å². The van der Waals surface area contributed by atoms with Crippen LogP contribution >= 0.6 is 0 Å². The number of nitrogens with one attached hydrogen (secondary N) is 1. The van der Waals surface area contributed by atoms with Crippen molar-refractivity contribution in [3.05, 3.63) is 54.3 Å². The molecule has 3 rings (SSSR count). The Bertz CT molecular complexity index is 778. The first kappa shape index (κ1) is 16.0. The summed E-state index contributed by atoms with van der Waals surface area (Å²) in [5.41, 5.74) is 1.22. The lowest BCUT2D eigenvalue weighted by Gasteiger charge is -2.27. The first-order chi connectivity index (χ1) is 11.5. The Hall–Kier alpha value is -2.89. The fourth-order valence-corrected chi connectivity index (χ4v) is 2.74. The van der Waals surface area contributed by atoms with Gasteiger partial charge in [-0.05, 0) is 31.2 Å². The highest BCUT2D eigenvalue weighted by Gasteiger charge is 2.29. The van der Waals surface area contributed by atoms with Gasteiger partial charge < -0.3 is 15.0 Å². The van der Waals surface area contributed by atoms with Crippen LogP contribution in [0.2, 0.25) is 0 Å². The van der Waals surface area contributed by atoms with Crippen LogP contribution in [0.4, 0.5) is 15.8 Å². The van der Waals surface area contributed by atoms with Crippen molar-refractivity contribution in [2.24, 2.45) is 0 Å². The summed E-state index contributed by atoms with van der Waals surface area (Å²) < 4.78 is 18.6. The Morgan fingerprint density at radius 1 is 1.29 bits per heavy atom. The molecule has 2 aromatic carbocycles. The second-order valence-electron chi connectivity index (χ2n) is 5.63. The van der Waals surface area contributed by atoms with E-state index in [1.54, 1.807) is 35.2 Å². The van der Waals surface area contributed by atoms with Gasteiger partial charge in [-0.15, -0.1) is 0 Å². The first-order valence-corrected chi connectivity index (χ1v) is 7.64. The molecule has 0 saturated heterocycles. The van der Waals surface area contributed by atoms with Gasteiger partial charge in [0.15, 0.2) is 6.61 Å². The number of anilines is 2. The molecule has 24 heavy (non-hydrogen) atoms. The summed E-state index contributed by atoms with van der Waals surface area (Å²) in [5.74, 6) is -0.580. The summed E-state index contributed by atoms with van der Waals surface area (Å²) in [6, 6.07) is 12.4. The third kappa shape index (κ3) is 3.37. The van der Waals surface area contributed by atoms with Gasteiger partial charge in [-0.1, -0.05) is 18.2 Å². The van der Waals surface area contributed by atoms with E-state index in [2.05, 4.69) is 5.32 Å². The molecule has 0 radical (unpaired) electrons. The van der Waals surface area contributed by atoms with Gasteiger partial charge in [0.25, 0.3) is 5.91 Å². The monoisotopic (exact) mass is 328 g/mol. The fourth-order valence-electron chi connectivity index (χ4n) is 2.74. The van der Waals surface area contributed by atoms with E-state index in [1.807, 2.05) is 6.92 Å². The van der Waals surface area contributed by atoms with E-state index >= 15 is 0 Å². The lowest BCUT2D eigenvalue weighted by Crippen LogP contribution is -2.41. The van der Waals surface area contributed by atoms with E-state index < -0.39 is 5.82 Å². The number of hydrogen-bond acceptors (Lipinski definition) is 3. The second-order valence-corrected chi connectivity index (χ2v) is 5.63. The standard InChI is InChI=1S/C18H17FN2O3/c1-12-9-17(22)20-15-7-2-3-8-16(15)21(12)18(23)11-24-14-6-4-5-13(19)10-14/h2-8,10,12H,9,11H2,1H3,(H,20,22)/t12-/m1/s1. The number of amides is 2. The molecule has 0 fully saturated rings. The SMILES string of the molecule is C[C@@H]1CC(=O)Nc2ccccc2N1C(=O)COc1cccc(F)c1. The summed E-state index contributed by atoms with van der Waals surface area (Å²) in [4.78, 5) is 26.1. The van der Waals surface area contributed by atoms with E-state index in [0.29, 0.717) is 11.4 Å². The van der Waals surface area contributed by atoms with Gasteiger partial charge >= 0.3 is 0 Å². The topological polar surface area (TPSA) is 58.6 Å². The molecule has 0 unspecified atom stereocenters. The molecule has 2 aromatic rings. The van der Waals surface area contributed by atoms with Crippen LogP contribution in [0.1, 0.15) is 13.3 Å². The lowest BCUT2D eigenvalue weighted by atomic mass is 10.1. The molecule has 0 aromatic heterocycles. The predicted molar refractivity (Wildman–Crippen MR) is 88.5 cm³/mol. The first-order valence-electron chi connectivity index (χ1n) is 7.64. The highest BCUT2D eigenvalue weighted by Crippen LogP contribution is 2.31. The molecular formula is C18H17FN2O3. The van der Waals surface area contributed by atoms with Gasteiger partial charge in [-0.2, -0.15) is 0 Å². The average molecular weight is 328 g/mol. The van der Waals surface area contributed by atoms with Crippen LogP contribution in [0.5, 0.6) is 5.75 Å². The van der Waals surface area contributed by atoms with Gasteiger partial charge in [0, 0.05) is 18.5 Å². The van der Waals surface area contributed by atoms with Crippen molar-refractivity contribution >= 4 is 23.2 Å². The normalized spacial score (nSPS) is 16.8. The van der Waals surface area contributed by atoms with E-state index in [4.69, 9.17) is 4.74 Å². The number of hydrogen-bond donors (Lipinski definition) is 1. The molecule has 0 bridgehead atoms. The quantitative estimate of drug-likeness (QED) is 0.942. The zero-order valence-electron chi connectivity index (χ0n) is 13.2. The van der Waals surface area contributed by atoms with E-state index in [1.165, 1.54) is 18.2 Å². The smallest absolute Gasteiger partial charge is 0.265 e. The Morgan fingerprint density at radius 2 is 2.08 bits per heavy atom. The molecule has 6 heteroatoms. The fraction of sp³-hybridized carbons (Fsp3) is 0.222. The zero-order chi connectivity index (χ0) is 17.1. The van der Waals surface area contributed by atoms with Crippen molar-refractivity contribution in [1.29, 1.82) is 0 Å². The van der Waals surface area contributed by atoms with Gasteiger partial charge in [-0.3, -0.25) is 9.59 Å². The summed E-state index contributed by atoms with van der Waals surface area (Å²) in [7, 11) is 0. The van der Waals surface area contributed by atoms with Crippen molar-refractivity contribution < 1.29 is 18.7 Å². The highest BCUT2D eigenvalue weighted by molar-refractivity contribution is 6.04. The highest BCUT2D eigenvalue weighted by atomic mass is 19.1. The lowest BCUT2D eigenvalue weighted by molar-refractivity contribution is -0.121. The molecule has 1 atom stereocenters. The number of rotatable bonds is 3. The minimum Gasteiger partial charge on any atom is -0.484 e. The second kappa shape index (κ2) is 6.70. The van der Waals surface area contributed by atoms with Crippen molar-refractivity contribution in [2.45, 2.75) is 19.4 Å². The predicted octanol–water partition coefficient (Wildman–Crippen LogP) is 2.97. The minimum atomic E-state index is -0.428. The number of ether oxygens (including phenoxy) is 1. The number of benzene rings is 2. The number of para-hydroxylation sites is 2. The Labute approximate surface area is 139 Å². The zero-order valence-corrected chi connectivity index (χ0v) is 13.2. The molecule has 2 amide bonds. The van der Waals surface area contributed by atoms with Crippen LogP contribution in [0.15, 0.2) is 48.5 Å². The molecule has 0 spiro atoms. The Morgan fingerprint density at radius 3 is 2.88 bits per heavy atom. The van der Waals surface area contributed by atoms with Crippen molar-refractivity contribution in [1.82, 2.24) is 0 Å². The summed E-state index contributed by atoms with van der Waals surface area (Å²) in [6.45, 7) is 1.57. The van der Waals surface area contributed by atoms with Crippen LogP contribution in [0, 0.1) is 5.82 Å². The van der Waals surface area contributed by atoms with E-state index in [-0.39, 0.29) is 36.6 Å². The van der Waals surface area contributed by atoms with E-state index in [9.17, 15) is 14.0 Å². The molecule has 124 valence electrons. The third-order valence-electron chi connectivity index (χ3n) is 3.79. The summed E-state index contributed by atoms with van der Waals surface area (Å²) >= 11 is 0.